The summed E-state index contributed by atoms with van der Waals surface area (Å²) < 4.78 is 15.4. The van der Waals surface area contributed by atoms with E-state index in [1.165, 1.54) is 60.0 Å². The second-order valence-electron chi connectivity index (χ2n) is 14.4. The lowest BCUT2D eigenvalue weighted by molar-refractivity contribution is 0.628. The molecule has 3 aromatic heterocycles. The molecule has 0 amide bonds. The van der Waals surface area contributed by atoms with Crippen LogP contribution in [-0.2, 0) is 0 Å². The van der Waals surface area contributed by atoms with Gasteiger partial charge in [0.25, 0.3) is 0 Å². The number of hydrogen-bond donors (Lipinski definition) is 0. The van der Waals surface area contributed by atoms with E-state index in [0.29, 0.717) is 0 Å². The van der Waals surface area contributed by atoms with Crippen LogP contribution in [0.5, 0.6) is 0 Å². The topological polar surface area (TPSA) is 31.2 Å². The van der Waals surface area contributed by atoms with Crippen molar-refractivity contribution in [1.82, 2.24) is 4.57 Å². The van der Waals surface area contributed by atoms with Gasteiger partial charge in [-0.1, -0.05) is 140 Å². The third kappa shape index (κ3) is 4.38. The van der Waals surface area contributed by atoms with Crippen LogP contribution in [0.4, 0.5) is 0 Å². The summed E-state index contributed by atoms with van der Waals surface area (Å²) >= 11 is 0. The maximum Gasteiger partial charge on any atom is 0.139 e. The molecular weight excluding hydrogens is 671 g/mol. The van der Waals surface area contributed by atoms with Crippen LogP contribution in [0, 0.1) is 0 Å². The third-order valence-electron chi connectivity index (χ3n) is 11.4. The van der Waals surface area contributed by atoms with Gasteiger partial charge < -0.3 is 13.4 Å². The molecule has 0 radical (unpaired) electrons. The Morgan fingerprint density at radius 2 is 0.909 bits per heavy atom. The molecule has 0 N–H and O–H groups in total. The maximum atomic E-state index is 6.62. The molecule has 55 heavy (non-hydrogen) atoms. The van der Waals surface area contributed by atoms with Crippen LogP contribution in [0.3, 0.4) is 0 Å². The first kappa shape index (κ1) is 30.1. The van der Waals surface area contributed by atoms with Crippen LogP contribution in [0.25, 0.3) is 116 Å². The van der Waals surface area contributed by atoms with Gasteiger partial charge >= 0.3 is 0 Å². The quantitative estimate of drug-likeness (QED) is 0.171. The van der Waals surface area contributed by atoms with Crippen molar-refractivity contribution in [2.75, 3.05) is 0 Å². The van der Waals surface area contributed by atoms with Gasteiger partial charge in [-0.2, -0.15) is 0 Å². The lowest BCUT2D eigenvalue weighted by Crippen LogP contribution is -1.94. The molecule has 3 heterocycles. The van der Waals surface area contributed by atoms with Gasteiger partial charge in [0.1, 0.15) is 22.5 Å². The van der Waals surface area contributed by atoms with Gasteiger partial charge in [0.15, 0.2) is 0 Å². The highest BCUT2D eigenvalue weighted by Crippen LogP contribution is 2.49. The fourth-order valence-corrected chi connectivity index (χ4v) is 9.11. The van der Waals surface area contributed by atoms with E-state index < -0.39 is 0 Å². The lowest BCUT2D eigenvalue weighted by atomic mass is 9.84. The van der Waals surface area contributed by atoms with Crippen LogP contribution < -0.4 is 0 Å². The zero-order valence-electron chi connectivity index (χ0n) is 29.7. The summed E-state index contributed by atoms with van der Waals surface area (Å²) in [6, 6.07) is 67.3. The number of benzene rings is 9. The Labute approximate surface area is 315 Å². The molecular formula is C52H31NO2. The van der Waals surface area contributed by atoms with E-state index in [1.54, 1.807) is 0 Å². The van der Waals surface area contributed by atoms with E-state index in [9.17, 15) is 0 Å². The number of fused-ring (bicyclic) bond motifs is 9. The summed E-state index contributed by atoms with van der Waals surface area (Å²) in [7, 11) is 0. The Bertz CT molecular complexity index is 3420. The summed E-state index contributed by atoms with van der Waals surface area (Å²) in [6.45, 7) is 0. The van der Waals surface area contributed by atoms with Crippen molar-refractivity contribution < 1.29 is 8.83 Å². The second kappa shape index (κ2) is 11.6. The lowest BCUT2D eigenvalue weighted by Gasteiger charge is -2.19. The molecule has 0 aliphatic heterocycles. The molecule has 0 bridgehead atoms. The van der Waals surface area contributed by atoms with Gasteiger partial charge in [0, 0.05) is 44.2 Å². The molecule has 0 aliphatic carbocycles. The fraction of sp³-hybridized carbons (Fsp3) is 0. The Morgan fingerprint density at radius 3 is 1.60 bits per heavy atom. The minimum Gasteiger partial charge on any atom is -0.456 e. The van der Waals surface area contributed by atoms with Gasteiger partial charge in [-0.3, -0.25) is 0 Å². The number of furan rings is 2. The fourth-order valence-electron chi connectivity index (χ4n) is 9.11. The van der Waals surface area contributed by atoms with E-state index in [2.05, 4.69) is 168 Å². The van der Waals surface area contributed by atoms with Gasteiger partial charge in [-0.25, -0.2) is 0 Å². The van der Waals surface area contributed by atoms with Crippen molar-refractivity contribution in [2.45, 2.75) is 0 Å². The number of aromatic nitrogens is 1. The molecule has 256 valence electrons. The Hall–Kier alpha value is -7.36. The van der Waals surface area contributed by atoms with Crippen molar-refractivity contribution in [3.63, 3.8) is 0 Å². The molecule has 3 nitrogen and oxygen atoms in total. The van der Waals surface area contributed by atoms with E-state index in [0.717, 1.165) is 55.5 Å². The standard InChI is InChI=1S/C52H31NO2/c1-3-15-32(16-4-1)46-30-33-29-42-48(31-47(33)55-46)54-45-28-14-25-41(52(42)45)50-37-21-9-7-19-35(37)49(36-20-8-10-22-38(36)50)40-24-13-27-44-51(40)39-23-11-12-26-43(39)53(44)34-17-5-2-6-18-34/h1-31H. The van der Waals surface area contributed by atoms with Gasteiger partial charge in [0.05, 0.1) is 11.0 Å². The van der Waals surface area contributed by atoms with Gasteiger partial charge in [-0.15, -0.1) is 0 Å². The number of para-hydroxylation sites is 2. The summed E-state index contributed by atoms with van der Waals surface area (Å²) in [6.07, 6.45) is 0. The highest BCUT2D eigenvalue weighted by Gasteiger charge is 2.23. The van der Waals surface area contributed by atoms with E-state index in [4.69, 9.17) is 8.83 Å². The van der Waals surface area contributed by atoms with Gasteiger partial charge in [0.2, 0.25) is 0 Å². The van der Waals surface area contributed by atoms with Crippen molar-refractivity contribution >= 4 is 76.3 Å². The number of nitrogens with zero attached hydrogens (tertiary/aromatic N) is 1. The first-order valence-corrected chi connectivity index (χ1v) is 18.8. The average Bonchev–Trinajstić information content (AvgIpc) is 3.94. The Kier molecular flexibility index (Phi) is 6.34. The summed E-state index contributed by atoms with van der Waals surface area (Å²) in [5.74, 6) is 0.849. The van der Waals surface area contributed by atoms with Crippen molar-refractivity contribution in [1.29, 1.82) is 0 Å². The smallest absolute Gasteiger partial charge is 0.139 e. The first-order chi connectivity index (χ1) is 27.3. The summed E-state index contributed by atoms with van der Waals surface area (Å²) in [4.78, 5) is 0. The minimum absolute atomic E-state index is 0.815. The highest BCUT2D eigenvalue weighted by atomic mass is 16.3. The van der Waals surface area contributed by atoms with Crippen molar-refractivity contribution in [3.8, 4) is 39.3 Å². The molecule has 0 unspecified atom stereocenters. The first-order valence-electron chi connectivity index (χ1n) is 18.8. The monoisotopic (exact) mass is 701 g/mol. The Morgan fingerprint density at radius 1 is 0.345 bits per heavy atom. The Balaban J connectivity index is 1.16. The molecule has 3 heteroatoms. The highest BCUT2D eigenvalue weighted by molar-refractivity contribution is 6.29. The zero-order chi connectivity index (χ0) is 36.0. The number of hydrogen-bond acceptors (Lipinski definition) is 2. The molecule has 0 atom stereocenters. The number of rotatable bonds is 4. The average molecular weight is 702 g/mol. The molecule has 12 rings (SSSR count). The van der Waals surface area contributed by atoms with Crippen LogP contribution in [0.1, 0.15) is 0 Å². The zero-order valence-corrected chi connectivity index (χ0v) is 29.7. The molecule has 0 saturated carbocycles. The van der Waals surface area contributed by atoms with Crippen molar-refractivity contribution in [3.05, 3.63) is 188 Å². The maximum absolute atomic E-state index is 6.62. The molecule has 0 spiro atoms. The van der Waals surface area contributed by atoms with E-state index in [1.807, 2.05) is 24.3 Å². The normalized spacial score (nSPS) is 12.0. The summed E-state index contributed by atoms with van der Waals surface area (Å²) in [5, 5.41) is 10.6. The predicted octanol–water partition coefficient (Wildman–Crippen LogP) is 14.7. The second-order valence-corrected chi connectivity index (χ2v) is 14.4. The molecule has 0 saturated heterocycles. The van der Waals surface area contributed by atoms with Crippen LogP contribution in [-0.4, -0.2) is 4.57 Å². The minimum atomic E-state index is 0.815. The van der Waals surface area contributed by atoms with Crippen molar-refractivity contribution in [2.24, 2.45) is 0 Å². The predicted molar refractivity (Wildman–Crippen MR) is 229 cm³/mol. The molecule has 12 aromatic rings. The molecule has 9 aromatic carbocycles. The molecule has 0 fully saturated rings. The van der Waals surface area contributed by atoms with Crippen LogP contribution >= 0.6 is 0 Å². The van der Waals surface area contributed by atoms with Crippen LogP contribution in [0.2, 0.25) is 0 Å². The largest absolute Gasteiger partial charge is 0.456 e. The molecule has 0 aliphatic rings. The SMILES string of the molecule is c1ccc(-c2cc3cc4c(cc3o2)oc2cccc(-c3c5ccccc5c(-c5cccc6c5c5ccccc5n6-c5ccccc5)c5ccccc35)c24)cc1. The van der Waals surface area contributed by atoms with E-state index in [-0.39, 0.29) is 0 Å². The van der Waals surface area contributed by atoms with E-state index >= 15 is 0 Å². The van der Waals surface area contributed by atoms with Crippen LogP contribution in [0.15, 0.2) is 197 Å². The third-order valence-corrected chi connectivity index (χ3v) is 11.4. The van der Waals surface area contributed by atoms with Gasteiger partial charge in [-0.05, 0) is 86.3 Å². The summed E-state index contributed by atoms with van der Waals surface area (Å²) in [5.41, 5.74) is 11.9.